The van der Waals surface area contributed by atoms with Gasteiger partial charge < -0.3 is 30.2 Å². The average Bonchev–Trinajstić information content (AvgIpc) is 3.26. The summed E-state index contributed by atoms with van der Waals surface area (Å²) in [5.74, 6) is -3.47. The molecule has 3 N–H and O–H groups in total. The smallest absolute Gasteiger partial charge is 0.338 e. The number of carbonyl (C=O) groups excluding carboxylic acids is 6. The first kappa shape index (κ1) is 40.3. The predicted octanol–water partition coefficient (Wildman–Crippen LogP) is 9.29. The highest BCUT2D eigenvalue weighted by molar-refractivity contribution is 6.10. The summed E-state index contributed by atoms with van der Waals surface area (Å²) in [6.07, 6.45) is 0. The van der Waals surface area contributed by atoms with Crippen LogP contribution in [0.4, 0.5) is 17.1 Å². The minimum absolute atomic E-state index is 0.115. The van der Waals surface area contributed by atoms with Crippen molar-refractivity contribution < 1.29 is 43.0 Å². The number of anilines is 3. The van der Waals surface area contributed by atoms with Gasteiger partial charge in [0.15, 0.2) is 0 Å². The van der Waals surface area contributed by atoms with Crippen molar-refractivity contribution in [3.05, 3.63) is 161 Å². The molecule has 0 aliphatic carbocycles. The highest BCUT2D eigenvalue weighted by Gasteiger charge is 2.20. The van der Waals surface area contributed by atoms with Gasteiger partial charge >= 0.3 is 17.9 Å². The molecule has 0 radical (unpaired) electrons. The molecule has 12 nitrogen and oxygen atoms in total. The van der Waals surface area contributed by atoms with Crippen LogP contribution in [0.5, 0.6) is 0 Å². The topological polar surface area (TPSA) is 166 Å². The number of amides is 3. The van der Waals surface area contributed by atoms with Crippen LogP contribution in [0.2, 0.25) is 0 Å². The third kappa shape index (κ3) is 9.13. The van der Waals surface area contributed by atoms with Crippen LogP contribution >= 0.6 is 0 Å². The van der Waals surface area contributed by atoms with Crippen molar-refractivity contribution in [3.8, 4) is 33.4 Å². The maximum Gasteiger partial charge on any atom is 0.338 e. The van der Waals surface area contributed by atoms with Gasteiger partial charge in [-0.1, -0.05) is 36.4 Å². The number of hydrogen-bond acceptors (Lipinski definition) is 9. The van der Waals surface area contributed by atoms with Gasteiger partial charge in [-0.25, -0.2) is 14.4 Å². The summed E-state index contributed by atoms with van der Waals surface area (Å²) in [5, 5.41) is 8.70. The van der Waals surface area contributed by atoms with E-state index in [0.717, 1.165) is 0 Å². The molecule has 0 saturated carbocycles. The number of rotatable bonds is 6. The molecule has 0 saturated heterocycles. The molecule has 1 aliphatic rings. The van der Waals surface area contributed by atoms with Gasteiger partial charge in [0.2, 0.25) is 0 Å². The number of carbonyl (C=O) groups is 6. The molecule has 12 heteroatoms. The lowest BCUT2D eigenvalue weighted by atomic mass is 9.97. The van der Waals surface area contributed by atoms with E-state index >= 15 is 0 Å². The second-order valence-electron chi connectivity index (χ2n) is 13.7. The molecule has 1 heterocycles. The fraction of sp³-hybridized carbons (Fsp3) is 0.125. The van der Waals surface area contributed by atoms with Gasteiger partial charge in [0.05, 0.1) is 36.5 Å². The fourth-order valence-electron chi connectivity index (χ4n) is 6.71. The molecule has 1 aliphatic heterocycles. The van der Waals surface area contributed by atoms with Crippen LogP contribution in [-0.4, -0.2) is 55.5 Å². The molecule has 7 rings (SSSR count). The number of fused-ring (bicyclic) bond motifs is 15. The van der Waals surface area contributed by atoms with E-state index in [1.54, 1.807) is 130 Å². The van der Waals surface area contributed by atoms with Crippen molar-refractivity contribution in [2.24, 2.45) is 0 Å². The molecule has 6 aromatic rings. The van der Waals surface area contributed by atoms with Gasteiger partial charge in [-0.3, -0.25) is 14.4 Å². The Morgan fingerprint density at radius 1 is 0.367 bits per heavy atom. The fourth-order valence-corrected chi connectivity index (χ4v) is 6.71. The molecule has 0 fully saturated rings. The molecule has 300 valence electrons. The highest BCUT2D eigenvalue weighted by atomic mass is 16.5. The minimum Gasteiger partial charge on any atom is -0.462 e. The second kappa shape index (κ2) is 17.7. The zero-order valence-corrected chi connectivity index (χ0v) is 32.9. The normalized spacial score (nSPS) is 12.2. The zero-order chi connectivity index (χ0) is 42.3. The Labute approximate surface area is 345 Å². The summed E-state index contributed by atoms with van der Waals surface area (Å²) in [4.78, 5) is 81.0. The summed E-state index contributed by atoms with van der Waals surface area (Å²) < 4.78 is 15.9. The van der Waals surface area contributed by atoms with Gasteiger partial charge in [0.1, 0.15) is 0 Å². The van der Waals surface area contributed by atoms with Crippen LogP contribution in [0.25, 0.3) is 33.4 Å². The standard InChI is InChI=1S/C48H39N3O9/c1-4-58-46(55)37-19-31-16-34(22-37)43(52)49-41-14-8-11-29(26-41)32-17-36(24-38(20-32)47(56)59-5-2)45(54)51-42-15-9-12-30(27-42)33-18-35(23-39(21-33)48(57)60-6-3)44(53)50-40-13-7-10-28(31)25-40/h7-27H,4-6H2,1-3H3,(H,49,52)(H,50,53)(H,51,54). The zero-order valence-electron chi connectivity index (χ0n) is 32.9. The maximum atomic E-state index is 13.9. The Morgan fingerprint density at radius 3 is 0.900 bits per heavy atom. The van der Waals surface area contributed by atoms with Crippen LogP contribution in [0.15, 0.2) is 127 Å². The van der Waals surface area contributed by atoms with Crippen molar-refractivity contribution in [1.29, 1.82) is 0 Å². The van der Waals surface area contributed by atoms with E-state index in [1.165, 1.54) is 18.2 Å². The molecule has 6 aromatic carbocycles. The minimum atomic E-state index is -0.628. The molecule has 0 unspecified atom stereocenters. The first-order valence-corrected chi connectivity index (χ1v) is 19.2. The van der Waals surface area contributed by atoms with Crippen molar-refractivity contribution in [3.63, 3.8) is 0 Å². The Balaban J connectivity index is 1.40. The predicted molar refractivity (Wildman–Crippen MR) is 227 cm³/mol. The van der Waals surface area contributed by atoms with E-state index in [9.17, 15) is 28.8 Å². The van der Waals surface area contributed by atoms with Crippen molar-refractivity contribution in [1.82, 2.24) is 0 Å². The Hall–Kier alpha value is -7.86. The van der Waals surface area contributed by atoms with E-state index < -0.39 is 35.6 Å². The quantitative estimate of drug-likeness (QED) is 0.110. The van der Waals surface area contributed by atoms with Crippen molar-refractivity contribution in [2.45, 2.75) is 20.8 Å². The van der Waals surface area contributed by atoms with E-state index in [2.05, 4.69) is 16.0 Å². The molecular weight excluding hydrogens is 763 g/mol. The highest BCUT2D eigenvalue weighted by Crippen LogP contribution is 2.31. The first-order chi connectivity index (χ1) is 29.0. The van der Waals surface area contributed by atoms with E-state index in [1.807, 2.05) is 0 Å². The number of hydrogen-bond donors (Lipinski definition) is 3. The lowest BCUT2D eigenvalue weighted by Gasteiger charge is -2.14. The van der Waals surface area contributed by atoms with E-state index in [-0.39, 0.29) is 53.2 Å². The van der Waals surface area contributed by atoms with Crippen LogP contribution in [0.3, 0.4) is 0 Å². The Bertz CT molecular complexity index is 2410. The first-order valence-electron chi connectivity index (χ1n) is 19.2. The van der Waals surface area contributed by atoms with E-state index in [4.69, 9.17) is 14.2 Å². The third-order valence-electron chi connectivity index (χ3n) is 9.48. The molecule has 0 aromatic heterocycles. The van der Waals surface area contributed by atoms with Crippen LogP contribution < -0.4 is 16.0 Å². The molecule has 60 heavy (non-hydrogen) atoms. The molecule has 0 atom stereocenters. The lowest BCUT2D eigenvalue weighted by molar-refractivity contribution is 0.0516. The van der Waals surface area contributed by atoms with Crippen LogP contribution in [0, 0.1) is 0 Å². The average molecular weight is 802 g/mol. The summed E-state index contributed by atoms with van der Waals surface area (Å²) in [7, 11) is 0. The van der Waals surface area contributed by atoms with Crippen molar-refractivity contribution in [2.75, 3.05) is 35.8 Å². The Kier molecular flexibility index (Phi) is 11.9. The number of ether oxygens (including phenoxy) is 3. The monoisotopic (exact) mass is 801 g/mol. The van der Waals surface area contributed by atoms with Gasteiger partial charge in [-0.05, 0) is 145 Å². The number of nitrogens with one attached hydrogen (secondary N) is 3. The summed E-state index contributed by atoms with van der Waals surface area (Å²) in [5.41, 5.74) is 5.32. The SMILES string of the molecule is CCOC(=O)c1cc2cc(c1)-c1cccc(c1)NC(=O)c1cc(C(=O)OCC)cc(c1)-c1cccc(c1)NC(=O)c1cc(C(=O)OCC)cc(c1)-c1cccc(c1)NC2=O. The van der Waals surface area contributed by atoms with Crippen LogP contribution in [0.1, 0.15) is 82.9 Å². The Morgan fingerprint density at radius 2 is 0.633 bits per heavy atom. The van der Waals surface area contributed by atoms with E-state index in [0.29, 0.717) is 50.4 Å². The molecule has 0 spiro atoms. The largest absolute Gasteiger partial charge is 0.462 e. The molecular formula is C48H39N3O9. The third-order valence-corrected chi connectivity index (χ3v) is 9.48. The van der Waals surface area contributed by atoms with Gasteiger partial charge in [0, 0.05) is 33.8 Å². The second-order valence-corrected chi connectivity index (χ2v) is 13.7. The lowest BCUT2D eigenvalue weighted by Crippen LogP contribution is -2.15. The van der Waals surface area contributed by atoms with Gasteiger partial charge in [-0.2, -0.15) is 0 Å². The molecule has 3 amide bonds. The maximum absolute atomic E-state index is 13.9. The summed E-state index contributed by atoms with van der Waals surface area (Å²) in [6.45, 7) is 5.39. The number of esters is 3. The number of benzene rings is 6. The summed E-state index contributed by atoms with van der Waals surface area (Å²) >= 11 is 0. The van der Waals surface area contributed by atoms with Gasteiger partial charge in [-0.15, -0.1) is 0 Å². The van der Waals surface area contributed by atoms with Crippen molar-refractivity contribution >= 4 is 52.7 Å². The van der Waals surface area contributed by atoms with Crippen LogP contribution in [-0.2, 0) is 14.2 Å². The van der Waals surface area contributed by atoms with Gasteiger partial charge in [0.25, 0.3) is 17.7 Å². The summed E-state index contributed by atoms with van der Waals surface area (Å²) in [6, 6.07) is 34.7. The molecule has 12 bridgehead atoms.